The average Bonchev–Trinajstić information content (AvgIpc) is 2.19. The Labute approximate surface area is 96.0 Å². The van der Waals surface area contributed by atoms with Gasteiger partial charge in [-0.3, -0.25) is 5.43 Å². The maximum Gasteiger partial charge on any atom is 0.331 e. The molecule has 15 heavy (non-hydrogen) atoms. The highest BCUT2D eigenvalue weighted by Gasteiger charge is 2.00. The average molecular weight is 230 g/mol. The van der Waals surface area contributed by atoms with E-state index in [-0.39, 0.29) is 18.4 Å². The molecular formula is C10H16ClN3O. The lowest BCUT2D eigenvalue weighted by Crippen LogP contribution is -2.43. The van der Waals surface area contributed by atoms with E-state index < -0.39 is 0 Å². The van der Waals surface area contributed by atoms with Crippen molar-refractivity contribution in [3.63, 3.8) is 0 Å². The number of nitrogens with one attached hydrogen (secondary N) is 2. The zero-order valence-corrected chi connectivity index (χ0v) is 9.67. The second kappa shape index (κ2) is 7.09. The lowest BCUT2D eigenvalue weighted by atomic mass is 10.2. The van der Waals surface area contributed by atoms with Gasteiger partial charge in [0.2, 0.25) is 0 Å². The molecule has 4 nitrogen and oxygen atoms in total. The molecule has 0 aromatic heterocycles. The summed E-state index contributed by atoms with van der Waals surface area (Å²) in [5, 5.41) is 0. The monoisotopic (exact) mass is 229 g/mol. The molecule has 0 aliphatic rings. The van der Waals surface area contributed by atoms with E-state index in [4.69, 9.17) is 0 Å². The molecule has 0 saturated carbocycles. The quantitative estimate of drug-likeness (QED) is 0.770. The van der Waals surface area contributed by atoms with E-state index in [9.17, 15) is 4.79 Å². The predicted octanol–water partition coefficient (Wildman–Crippen LogP) is 1.38. The molecule has 0 radical (unpaired) electrons. The molecule has 0 atom stereocenters. The van der Waals surface area contributed by atoms with E-state index in [1.165, 1.54) is 4.90 Å². The molecule has 0 aliphatic heterocycles. The molecule has 5 heteroatoms. The SMILES string of the molecule is CN(C)C(=O)NNCc1ccccc1.Cl. The molecule has 84 valence electrons. The zero-order chi connectivity index (χ0) is 10.4. The first-order chi connectivity index (χ1) is 6.70. The van der Waals surface area contributed by atoms with Crippen LogP contribution in [0.25, 0.3) is 0 Å². The number of benzene rings is 1. The molecule has 0 aliphatic carbocycles. The number of rotatable bonds is 3. The summed E-state index contributed by atoms with van der Waals surface area (Å²) >= 11 is 0. The number of carbonyl (C=O) groups excluding carboxylic acids is 1. The van der Waals surface area contributed by atoms with Crippen molar-refractivity contribution in [2.75, 3.05) is 14.1 Å². The molecule has 0 heterocycles. The van der Waals surface area contributed by atoms with Gasteiger partial charge in [-0.2, -0.15) is 0 Å². The lowest BCUT2D eigenvalue weighted by Gasteiger charge is -2.12. The summed E-state index contributed by atoms with van der Waals surface area (Å²) in [4.78, 5) is 12.6. The minimum Gasteiger partial charge on any atom is -0.330 e. The molecule has 0 fully saturated rings. The number of nitrogens with zero attached hydrogens (tertiary/aromatic N) is 1. The summed E-state index contributed by atoms with van der Waals surface area (Å²) in [7, 11) is 3.39. The van der Waals surface area contributed by atoms with Crippen molar-refractivity contribution in [2.45, 2.75) is 6.54 Å². The highest BCUT2D eigenvalue weighted by molar-refractivity contribution is 5.85. The maximum absolute atomic E-state index is 11.1. The van der Waals surface area contributed by atoms with Crippen molar-refractivity contribution >= 4 is 18.4 Å². The topological polar surface area (TPSA) is 44.4 Å². The van der Waals surface area contributed by atoms with Crippen LogP contribution < -0.4 is 10.9 Å². The summed E-state index contributed by atoms with van der Waals surface area (Å²) in [5.41, 5.74) is 6.54. The van der Waals surface area contributed by atoms with Gasteiger partial charge in [-0.25, -0.2) is 10.2 Å². The number of carbonyl (C=O) groups is 1. The maximum atomic E-state index is 11.1. The summed E-state index contributed by atoms with van der Waals surface area (Å²) in [6.07, 6.45) is 0. The fourth-order valence-corrected chi connectivity index (χ4v) is 0.930. The van der Waals surface area contributed by atoms with E-state index in [1.54, 1.807) is 14.1 Å². The van der Waals surface area contributed by atoms with Crippen molar-refractivity contribution in [2.24, 2.45) is 0 Å². The second-order valence-corrected chi connectivity index (χ2v) is 3.16. The minimum absolute atomic E-state index is 0. The number of halogens is 1. The van der Waals surface area contributed by atoms with Gasteiger partial charge in [0.1, 0.15) is 0 Å². The number of hydrogen-bond acceptors (Lipinski definition) is 2. The Hall–Kier alpha value is -1.26. The van der Waals surface area contributed by atoms with Gasteiger partial charge in [0.25, 0.3) is 0 Å². The summed E-state index contributed by atoms with van der Waals surface area (Å²) < 4.78 is 0. The highest BCUT2D eigenvalue weighted by atomic mass is 35.5. The molecular weight excluding hydrogens is 214 g/mol. The van der Waals surface area contributed by atoms with Gasteiger partial charge in [0, 0.05) is 20.6 Å². The Bertz CT molecular complexity index is 290. The first kappa shape index (κ1) is 13.7. The number of hydrazine groups is 1. The van der Waals surface area contributed by atoms with Crippen molar-refractivity contribution in [3.8, 4) is 0 Å². The highest BCUT2D eigenvalue weighted by Crippen LogP contribution is 1.95. The molecule has 1 aromatic carbocycles. The van der Waals surface area contributed by atoms with E-state index >= 15 is 0 Å². The van der Waals surface area contributed by atoms with E-state index in [2.05, 4.69) is 10.9 Å². The van der Waals surface area contributed by atoms with Gasteiger partial charge < -0.3 is 4.90 Å². The van der Waals surface area contributed by atoms with Crippen LogP contribution in [0.2, 0.25) is 0 Å². The molecule has 2 amide bonds. The molecule has 0 unspecified atom stereocenters. The van der Waals surface area contributed by atoms with Crippen LogP contribution in [-0.4, -0.2) is 25.0 Å². The van der Waals surface area contributed by atoms with Crippen LogP contribution in [0.4, 0.5) is 4.79 Å². The van der Waals surface area contributed by atoms with Gasteiger partial charge in [-0.15, -0.1) is 12.4 Å². The molecule has 1 aromatic rings. The predicted molar refractivity (Wildman–Crippen MR) is 62.7 cm³/mol. The second-order valence-electron chi connectivity index (χ2n) is 3.16. The molecule has 0 bridgehead atoms. The first-order valence-corrected chi connectivity index (χ1v) is 4.44. The Morgan fingerprint density at radius 2 is 1.87 bits per heavy atom. The summed E-state index contributed by atoms with van der Waals surface area (Å²) in [5.74, 6) is 0. The van der Waals surface area contributed by atoms with Crippen LogP contribution in [0.15, 0.2) is 30.3 Å². The zero-order valence-electron chi connectivity index (χ0n) is 8.86. The Balaban J connectivity index is 0.00000196. The fourth-order valence-electron chi connectivity index (χ4n) is 0.930. The van der Waals surface area contributed by atoms with Crippen LogP contribution in [0, 0.1) is 0 Å². The third-order valence-electron chi connectivity index (χ3n) is 1.74. The minimum atomic E-state index is -0.152. The van der Waals surface area contributed by atoms with Gasteiger partial charge in [0.15, 0.2) is 0 Å². The Morgan fingerprint density at radius 1 is 1.27 bits per heavy atom. The fraction of sp³-hybridized carbons (Fsp3) is 0.300. The Kier molecular flexibility index (Phi) is 6.49. The third-order valence-corrected chi connectivity index (χ3v) is 1.74. The van der Waals surface area contributed by atoms with Gasteiger partial charge in [-0.1, -0.05) is 30.3 Å². The summed E-state index contributed by atoms with van der Waals surface area (Å²) in [6, 6.07) is 9.72. The smallest absolute Gasteiger partial charge is 0.330 e. The van der Waals surface area contributed by atoms with Crippen LogP contribution in [0.1, 0.15) is 5.56 Å². The van der Waals surface area contributed by atoms with E-state index in [0.717, 1.165) is 5.56 Å². The van der Waals surface area contributed by atoms with Crippen molar-refractivity contribution in [3.05, 3.63) is 35.9 Å². The third kappa shape index (κ3) is 5.24. The van der Waals surface area contributed by atoms with Gasteiger partial charge in [-0.05, 0) is 5.56 Å². The molecule has 0 saturated heterocycles. The number of amides is 2. The van der Waals surface area contributed by atoms with Crippen molar-refractivity contribution in [1.29, 1.82) is 0 Å². The van der Waals surface area contributed by atoms with Gasteiger partial charge >= 0.3 is 6.03 Å². The normalized spacial score (nSPS) is 8.93. The molecule has 2 N–H and O–H groups in total. The largest absolute Gasteiger partial charge is 0.331 e. The van der Waals surface area contributed by atoms with Crippen molar-refractivity contribution < 1.29 is 4.79 Å². The first-order valence-electron chi connectivity index (χ1n) is 4.44. The number of hydrogen-bond donors (Lipinski definition) is 2. The Morgan fingerprint density at radius 3 is 2.40 bits per heavy atom. The standard InChI is InChI=1S/C10H15N3O.ClH/c1-13(2)10(14)12-11-8-9-6-4-3-5-7-9;/h3-7,11H,8H2,1-2H3,(H,12,14);1H. The van der Waals surface area contributed by atoms with Crippen LogP contribution in [0.3, 0.4) is 0 Å². The van der Waals surface area contributed by atoms with E-state index in [1.807, 2.05) is 30.3 Å². The number of urea groups is 1. The summed E-state index contributed by atoms with van der Waals surface area (Å²) in [6.45, 7) is 0.625. The van der Waals surface area contributed by atoms with Crippen LogP contribution >= 0.6 is 12.4 Å². The van der Waals surface area contributed by atoms with E-state index in [0.29, 0.717) is 6.54 Å². The van der Waals surface area contributed by atoms with Crippen molar-refractivity contribution in [1.82, 2.24) is 15.8 Å². The lowest BCUT2D eigenvalue weighted by molar-refractivity contribution is 0.212. The van der Waals surface area contributed by atoms with Crippen LogP contribution in [-0.2, 0) is 6.54 Å². The van der Waals surface area contributed by atoms with Gasteiger partial charge in [0.05, 0.1) is 0 Å². The molecule has 1 rings (SSSR count). The molecule has 0 spiro atoms. The van der Waals surface area contributed by atoms with Crippen LogP contribution in [0.5, 0.6) is 0 Å².